The van der Waals surface area contributed by atoms with Crippen LogP contribution in [0.1, 0.15) is 12.5 Å². The fourth-order valence-corrected chi connectivity index (χ4v) is 2.72. The molecule has 1 atom stereocenters. The predicted octanol–water partition coefficient (Wildman–Crippen LogP) is 3.19. The van der Waals surface area contributed by atoms with Gasteiger partial charge in [-0.2, -0.15) is 0 Å². The molecule has 0 spiro atoms. The third-order valence-electron chi connectivity index (χ3n) is 3.45. The number of anilines is 2. The van der Waals surface area contributed by atoms with Gasteiger partial charge in [0.15, 0.2) is 6.10 Å². The van der Waals surface area contributed by atoms with E-state index < -0.39 is 6.10 Å². The smallest absolute Gasteiger partial charge is 0.268 e. The molecule has 2 aromatic rings. The molecule has 1 aliphatic rings. The van der Waals surface area contributed by atoms with Gasteiger partial charge in [0, 0.05) is 15.3 Å². The Morgan fingerprint density at radius 3 is 2.67 bits per heavy atom. The SMILES string of the molecule is CC1Oc2cc(N)ccc2N(Cc2ccc(I)cc2)C1=O. The van der Waals surface area contributed by atoms with Crippen LogP contribution in [0, 0.1) is 3.57 Å². The van der Waals surface area contributed by atoms with E-state index in [1.165, 1.54) is 3.57 Å². The van der Waals surface area contributed by atoms with Gasteiger partial charge in [-0.1, -0.05) is 12.1 Å². The molecule has 0 saturated carbocycles. The molecular weight excluding hydrogens is 379 g/mol. The molecule has 3 rings (SSSR count). The van der Waals surface area contributed by atoms with E-state index in [0.717, 1.165) is 11.3 Å². The Morgan fingerprint density at radius 2 is 1.95 bits per heavy atom. The summed E-state index contributed by atoms with van der Waals surface area (Å²) < 4.78 is 6.81. The number of carbonyl (C=O) groups is 1. The Kier molecular flexibility index (Phi) is 3.75. The predicted molar refractivity (Wildman–Crippen MR) is 91.3 cm³/mol. The Balaban J connectivity index is 1.96. The molecule has 2 N–H and O–H groups in total. The summed E-state index contributed by atoms with van der Waals surface area (Å²) in [6.07, 6.45) is -0.497. The summed E-state index contributed by atoms with van der Waals surface area (Å²) in [7, 11) is 0. The maximum atomic E-state index is 12.4. The lowest BCUT2D eigenvalue weighted by Gasteiger charge is -2.33. The molecule has 4 nitrogen and oxygen atoms in total. The molecular formula is C16H15IN2O2. The maximum absolute atomic E-state index is 12.4. The van der Waals surface area contributed by atoms with Crippen LogP contribution in [-0.2, 0) is 11.3 Å². The van der Waals surface area contributed by atoms with Gasteiger partial charge in [0.05, 0.1) is 12.2 Å². The molecule has 0 fully saturated rings. The first-order valence-electron chi connectivity index (χ1n) is 6.66. The number of nitrogens with two attached hydrogens (primary N) is 1. The van der Waals surface area contributed by atoms with Crippen LogP contribution in [0.4, 0.5) is 11.4 Å². The molecule has 0 bridgehead atoms. The average molecular weight is 394 g/mol. The molecule has 5 heteroatoms. The third-order valence-corrected chi connectivity index (χ3v) is 4.17. The van der Waals surface area contributed by atoms with Crippen molar-refractivity contribution in [3.05, 3.63) is 51.6 Å². The molecule has 0 aromatic heterocycles. The second-order valence-electron chi connectivity index (χ2n) is 5.04. The second kappa shape index (κ2) is 5.55. The number of rotatable bonds is 2. The molecule has 1 amide bonds. The van der Waals surface area contributed by atoms with Crippen LogP contribution in [-0.4, -0.2) is 12.0 Å². The van der Waals surface area contributed by atoms with E-state index >= 15 is 0 Å². The van der Waals surface area contributed by atoms with Crippen LogP contribution in [0.15, 0.2) is 42.5 Å². The molecule has 1 heterocycles. The van der Waals surface area contributed by atoms with E-state index in [0.29, 0.717) is 18.0 Å². The monoisotopic (exact) mass is 394 g/mol. The highest BCUT2D eigenvalue weighted by atomic mass is 127. The summed E-state index contributed by atoms with van der Waals surface area (Å²) in [4.78, 5) is 14.2. The third kappa shape index (κ3) is 2.83. The van der Waals surface area contributed by atoms with E-state index in [4.69, 9.17) is 10.5 Å². The fourth-order valence-electron chi connectivity index (χ4n) is 2.36. The van der Waals surface area contributed by atoms with Gasteiger partial charge in [-0.25, -0.2) is 0 Å². The van der Waals surface area contributed by atoms with Crippen LogP contribution in [0.5, 0.6) is 5.75 Å². The number of halogens is 1. The van der Waals surface area contributed by atoms with Crippen molar-refractivity contribution >= 4 is 39.9 Å². The second-order valence-corrected chi connectivity index (χ2v) is 6.28. The minimum absolute atomic E-state index is 0.0363. The lowest BCUT2D eigenvalue weighted by Crippen LogP contribution is -2.44. The van der Waals surface area contributed by atoms with Crippen LogP contribution in [0.25, 0.3) is 0 Å². The van der Waals surface area contributed by atoms with E-state index in [9.17, 15) is 4.79 Å². The highest BCUT2D eigenvalue weighted by molar-refractivity contribution is 14.1. The number of fused-ring (bicyclic) bond motifs is 1. The number of benzene rings is 2. The van der Waals surface area contributed by atoms with E-state index in [-0.39, 0.29) is 5.91 Å². The summed E-state index contributed by atoms with van der Waals surface area (Å²) in [6, 6.07) is 13.5. The summed E-state index contributed by atoms with van der Waals surface area (Å²) >= 11 is 2.26. The zero-order valence-electron chi connectivity index (χ0n) is 11.5. The number of amides is 1. The summed E-state index contributed by atoms with van der Waals surface area (Å²) in [5.74, 6) is 0.624. The molecule has 108 valence electrons. The largest absolute Gasteiger partial charge is 0.479 e. The van der Waals surface area contributed by atoms with Crippen molar-refractivity contribution in [1.29, 1.82) is 0 Å². The van der Waals surface area contributed by atoms with Crippen molar-refractivity contribution in [2.45, 2.75) is 19.6 Å². The van der Waals surface area contributed by atoms with Gasteiger partial charge in [-0.3, -0.25) is 4.79 Å². The highest BCUT2D eigenvalue weighted by Gasteiger charge is 2.31. The fraction of sp³-hybridized carbons (Fsp3) is 0.188. The molecule has 2 aromatic carbocycles. The van der Waals surface area contributed by atoms with Crippen molar-refractivity contribution in [2.75, 3.05) is 10.6 Å². The van der Waals surface area contributed by atoms with Gasteiger partial charge >= 0.3 is 0 Å². The Labute approximate surface area is 137 Å². The molecule has 1 unspecified atom stereocenters. The number of nitrogen functional groups attached to an aromatic ring is 1. The molecule has 0 saturated heterocycles. The lowest BCUT2D eigenvalue weighted by atomic mass is 10.1. The van der Waals surface area contributed by atoms with Gasteiger partial charge in [0.25, 0.3) is 5.91 Å². The molecule has 0 aliphatic carbocycles. The summed E-state index contributed by atoms with van der Waals surface area (Å²) in [5, 5.41) is 0. The lowest BCUT2D eigenvalue weighted by molar-refractivity contribution is -0.125. The average Bonchev–Trinajstić information content (AvgIpc) is 2.46. The standard InChI is InChI=1S/C16H15IN2O2/c1-10-16(20)19(9-11-2-4-12(17)5-3-11)14-7-6-13(18)8-15(14)21-10/h2-8,10H,9,18H2,1H3. The first-order valence-corrected chi connectivity index (χ1v) is 7.74. The topological polar surface area (TPSA) is 55.6 Å². The highest BCUT2D eigenvalue weighted by Crippen LogP contribution is 2.36. The van der Waals surface area contributed by atoms with E-state index in [1.807, 2.05) is 30.3 Å². The van der Waals surface area contributed by atoms with Crippen LogP contribution in [0.2, 0.25) is 0 Å². The first-order chi connectivity index (χ1) is 10.0. The number of ether oxygens (including phenoxy) is 1. The van der Waals surface area contributed by atoms with Crippen molar-refractivity contribution in [3.63, 3.8) is 0 Å². The minimum atomic E-state index is -0.497. The Morgan fingerprint density at radius 1 is 1.24 bits per heavy atom. The van der Waals surface area contributed by atoms with Crippen molar-refractivity contribution in [3.8, 4) is 5.75 Å². The Bertz CT molecular complexity index is 685. The number of hydrogen-bond acceptors (Lipinski definition) is 3. The normalized spacial score (nSPS) is 17.3. The Hall–Kier alpha value is -1.76. The van der Waals surface area contributed by atoms with E-state index in [1.54, 1.807) is 24.0 Å². The van der Waals surface area contributed by atoms with Crippen LogP contribution < -0.4 is 15.4 Å². The number of hydrogen-bond donors (Lipinski definition) is 1. The summed E-state index contributed by atoms with van der Waals surface area (Å²) in [6.45, 7) is 2.29. The maximum Gasteiger partial charge on any atom is 0.268 e. The van der Waals surface area contributed by atoms with Gasteiger partial charge < -0.3 is 15.4 Å². The zero-order chi connectivity index (χ0) is 15.0. The zero-order valence-corrected chi connectivity index (χ0v) is 13.7. The van der Waals surface area contributed by atoms with Gasteiger partial charge in [-0.05, 0) is 59.3 Å². The van der Waals surface area contributed by atoms with Crippen LogP contribution in [0.3, 0.4) is 0 Å². The molecule has 1 aliphatic heterocycles. The van der Waals surface area contributed by atoms with Gasteiger partial charge in [-0.15, -0.1) is 0 Å². The molecule has 0 radical (unpaired) electrons. The van der Waals surface area contributed by atoms with E-state index in [2.05, 4.69) is 22.6 Å². The van der Waals surface area contributed by atoms with Gasteiger partial charge in [0.2, 0.25) is 0 Å². The number of nitrogens with zero attached hydrogens (tertiary/aromatic N) is 1. The van der Waals surface area contributed by atoms with Gasteiger partial charge in [0.1, 0.15) is 5.75 Å². The van der Waals surface area contributed by atoms with Crippen molar-refractivity contribution < 1.29 is 9.53 Å². The van der Waals surface area contributed by atoms with Crippen molar-refractivity contribution in [1.82, 2.24) is 0 Å². The first kappa shape index (κ1) is 14.2. The van der Waals surface area contributed by atoms with Crippen LogP contribution >= 0.6 is 22.6 Å². The van der Waals surface area contributed by atoms with Crippen molar-refractivity contribution in [2.24, 2.45) is 0 Å². The summed E-state index contributed by atoms with van der Waals surface area (Å²) in [5.41, 5.74) is 8.27. The number of carbonyl (C=O) groups excluding carboxylic acids is 1. The molecule has 21 heavy (non-hydrogen) atoms. The minimum Gasteiger partial charge on any atom is -0.479 e. The quantitative estimate of drug-likeness (QED) is 0.629.